The molecule has 4 heterocycles. The van der Waals surface area contributed by atoms with E-state index in [1.54, 1.807) is 22.4 Å². The molecule has 0 saturated carbocycles. The first kappa shape index (κ1) is 22.2. The third-order valence-corrected chi connectivity index (χ3v) is 7.50. The zero-order valence-electron chi connectivity index (χ0n) is 18.3. The fourth-order valence-corrected chi connectivity index (χ4v) is 5.37. The average molecular weight is 468 g/mol. The van der Waals surface area contributed by atoms with Crippen LogP contribution in [0.2, 0.25) is 0 Å². The van der Waals surface area contributed by atoms with Crippen LogP contribution >= 0.6 is 11.8 Å². The maximum atomic E-state index is 13.7. The van der Waals surface area contributed by atoms with E-state index in [2.05, 4.69) is 26.3 Å². The number of Topliss-reactive ketones (excluding diaryl/α,β-unsaturated/α-hetero) is 1. The van der Waals surface area contributed by atoms with E-state index in [0.717, 1.165) is 48.8 Å². The molecule has 2 aliphatic rings. The molecule has 9 heteroatoms. The first-order chi connectivity index (χ1) is 16.0. The molecule has 1 aromatic carbocycles. The zero-order valence-corrected chi connectivity index (χ0v) is 19.1. The molecule has 1 fully saturated rings. The Morgan fingerprint density at radius 2 is 1.97 bits per heavy atom. The number of nitrogens with zero attached hydrogens (tertiary/aromatic N) is 4. The number of ketones is 1. The van der Waals surface area contributed by atoms with Gasteiger partial charge in [0.25, 0.3) is 5.56 Å². The second-order valence-corrected chi connectivity index (χ2v) is 9.65. The van der Waals surface area contributed by atoms with Crippen LogP contribution < -0.4 is 10.9 Å². The van der Waals surface area contributed by atoms with Crippen LogP contribution in [0.3, 0.4) is 0 Å². The van der Waals surface area contributed by atoms with E-state index >= 15 is 0 Å². The quantitative estimate of drug-likeness (QED) is 0.596. The summed E-state index contributed by atoms with van der Waals surface area (Å²) in [6.07, 6.45) is 3.77. The molecule has 7 nitrogen and oxygen atoms in total. The average Bonchev–Trinajstić information content (AvgIpc) is 2.82. The minimum atomic E-state index is -0.366. The van der Waals surface area contributed by atoms with Gasteiger partial charge in [0.2, 0.25) is 0 Å². The van der Waals surface area contributed by atoms with Gasteiger partial charge in [0.1, 0.15) is 11.6 Å². The van der Waals surface area contributed by atoms with Crippen LogP contribution in [0, 0.1) is 5.82 Å². The summed E-state index contributed by atoms with van der Waals surface area (Å²) in [6, 6.07) is 8.88. The van der Waals surface area contributed by atoms with Crippen LogP contribution in [0.25, 0.3) is 11.0 Å². The highest BCUT2D eigenvalue weighted by Crippen LogP contribution is 2.27. The summed E-state index contributed by atoms with van der Waals surface area (Å²) in [5.74, 6) is 0.423. The summed E-state index contributed by atoms with van der Waals surface area (Å²) in [7, 11) is 0. The molecule has 0 atom stereocenters. The predicted molar refractivity (Wildman–Crippen MR) is 126 cm³/mol. The van der Waals surface area contributed by atoms with Crippen molar-refractivity contribution in [3.05, 3.63) is 64.1 Å². The van der Waals surface area contributed by atoms with Gasteiger partial charge in [-0.2, -0.15) is 0 Å². The number of benzene rings is 1. The minimum absolute atomic E-state index is 0.206. The van der Waals surface area contributed by atoms with Crippen LogP contribution in [-0.2, 0) is 24.3 Å². The van der Waals surface area contributed by atoms with E-state index in [0.29, 0.717) is 42.3 Å². The molecule has 3 aromatic rings. The summed E-state index contributed by atoms with van der Waals surface area (Å²) < 4.78 is 15.3. The number of rotatable bonds is 6. The predicted octanol–water partition coefficient (Wildman–Crippen LogP) is 2.40. The van der Waals surface area contributed by atoms with Gasteiger partial charge in [-0.15, -0.1) is 11.8 Å². The molecule has 2 aromatic heterocycles. The Morgan fingerprint density at radius 3 is 2.82 bits per heavy atom. The number of halogens is 1. The van der Waals surface area contributed by atoms with E-state index in [1.165, 1.54) is 18.3 Å². The van der Waals surface area contributed by atoms with Crippen LogP contribution in [0.5, 0.6) is 0 Å². The van der Waals surface area contributed by atoms with E-state index in [-0.39, 0.29) is 17.2 Å². The first-order valence-electron chi connectivity index (χ1n) is 11.3. The van der Waals surface area contributed by atoms with E-state index < -0.39 is 0 Å². The minimum Gasteiger partial charge on any atom is -0.308 e. The Kier molecular flexibility index (Phi) is 6.52. The molecular weight excluding hydrogens is 441 g/mol. The number of hydrogen-bond acceptors (Lipinski definition) is 7. The van der Waals surface area contributed by atoms with Gasteiger partial charge in [-0.25, -0.2) is 9.37 Å². The van der Waals surface area contributed by atoms with Crippen molar-refractivity contribution in [2.45, 2.75) is 43.3 Å². The maximum absolute atomic E-state index is 13.7. The maximum Gasteiger partial charge on any atom is 0.269 e. The van der Waals surface area contributed by atoms with E-state index in [4.69, 9.17) is 0 Å². The topological polar surface area (TPSA) is 80.1 Å². The number of fused-ring (bicyclic) bond motifs is 2. The molecule has 2 aliphatic heterocycles. The summed E-state index contributed by atoms with van der Waals surface area (Å²) in [5.41, 5.74) is 2.84. The first-order valence-corrected chi connectivity index (χ1v) is 12.3. The van der Waals surface area contributed by atoms with Crippen molar-refractivity contribution in [3.8, 4) is 0 Å². The number of carbonyl (C=O) groups excluding carboxylic acids is 1. The number of piperidine rings is 1. The third kappa shape index (κ3) is 5.15. The number of aromatic nitrogens is 3. The molecule has 1 N–H and O–H groups in total. The lowest BCUT2D eigenvalue weighted by molar-refractivity contribution is -0.116. The van der Waals surface area contributed by atoms with Gasteiger partial charge in [0, 0.05) is 30.6 Å². The molecule has 0 bridgehead atoms. The van der Waals surface area contributed by atoms with Crippen molar-refractivity contribution in [3.63, 3.8) is 0 Å². The summed E-state index contributed by atoms with van der Waals surface area (Å²) in [5, 5.41) is 3.60. The van der Waals surface area contributed by atoms with E-state index in [9.17, 15) is 14.0 Å². The Bertz CT molecular complexity index is 1240. The van der Waals surface area contributed by atoms with Crippen LogP contribution in [0.4, 0.5) is 4.39 Å². The second kappa shape index (κ2) is 9.70. The van der Waals surface area contributed by atoms with Gasteiger partial charge in [-0.05, 0) is 56.3 Å². The number of thioether (sulfide) groups is 1. The Balaban J connectivity index is 1.13. The van der Waals surface area contributed by atoms with Crippen molar-refractivity contribution in [2.75, 3.05) is 25.4 Å². The smallest absolute Gasteiger partial charge is 0.269 e. The number of nitrogens with one attached hydrogen (secondary N) is 1. The normalized spacial score (nSPS) is 17.4. The number of hydrogen-bond donors (Lipinski definition) is 1. The van der Waals surface area contributed by atoms with Gasteiger partial charge in [-0.3, -0.25) is 14.6 Å². The van der Waals surface area contributed by atoms with Crippen molar-refractivity contribution in [1.29, 1.82) is 0 Å². The van der Waals surface area contributed by atoms with Gasteiger partial charge in [0.05, 0.1) is 40.8 Å². The lowest BCUT2D eigenvalue weighted by Gasteiger charge is -2.32. The molecular formula is C24H26FN5O2S. The number of pyridine rings is 1. The monoisotopic (exact) mass is 467 g/mol. The van der Waals surface area contributed by atoms with Crippen molar-refractivity contribution < 1.29 is 9.18 Å². The highest BCUT2D eigenvalue weighted by atomic mass is 32.2. The standard InChI is InChI=1S/C24H26FN5O2S/c25-16-1-3-20-22(11-16)30(24(32)14-27-20)10-9-29-7-5-17(6-8-29)26-13-18-2-4-23-21(28-18)12-19(31)15-33-23/h1-4,11,14,17,26H,5-10,12-13,15H2. The van der Waals surface area contributed by atoms with Gasteiger partial charge < -0.3 is 14.8 Å². The summed E-state index contributed by atoms with van der Waals surface area (Å²) in [4.78, 5) is 36.3. The van der Waals surface area contributed by atoms with Crippen molar-refractivity contribution >= 4 is 28.6 Å². The molecule has 33 heavy (non-hydrogen) atoms. The van der Waals surface area contributed by atoms with Gasteiger partial charge >= 0.3 is 0 Å². The van der Waals surface area contributed by atoms with E-state index in [1.807, 2.05) is 6.07 Å². The third-order valence-electron chi connectivity index (χ3n) is 6.35. The number of likely N-dealkylation sites (tertiary alicyclic amines) is 1. The summed E-state index contributed by atoms with van der Waals surface area (Å²) >= 11 is 1.58. The SMILES string of the molecule is O=C1CSc2ccc(CNC3CCN(CCn4c(=O)cnc5ccc(F)cc54)CC3)nc2C1. The lowest BCUT2D eigenvalue weighted by Crippen LogP contribution is -2.43. The molecule has 172 valence electrons. The number of carbonyl (C=O) groups is 1. The van der Waals surface area contributed by atoms with Gasteiger partial charge in [-0.1, -0.05) is 0 Å². The van der Waals surface area contributed by atoms with Crippen LogP contribution in [-0.4, -0.2) is 56.6 Å². The highest BCUT2D eigenvalue weighted by molar-refractivity contribution is 8.00. The molecule has 5 rings (SSSR count). The fraction of sp³-hybridized carbons (Fsp3) is 0.417. The summed E-state index contributed by atoms with van der Waals surface area (Å²) in [6.45, 7) is 3.81. The Labute approximate surface area is 195 Å². The molecule has 0 unspecified atom stereocenters. The Morgan fingerprint density at radius 1 is 1.12 bits per heavy atom. The molecule has 0 amide bonds. The van der Waals surface area contributed by atoms with Crippen LogP contribution in [0.1, 0.15) is 24.2 Å². The second-order valence-electron chi connectivity index (χ2n) is 8.63. The molecule has 0 spiro atoms. The van der Waals surface area contributed by atoms with Crippen molar-refractivity contribution in [2.24, 2.45) is 0 Å². The Hall–Kier alpha value is -2.62. The fourth-order valence-electron chi connectivity index (χ4n) is 4.50. The van der Waals surface area contributed by atoms with Crippen LogP contribution in [0.15, 0.2) is 46.2 Å². The zero-order chi connectivity index (χ0) is 22.8. The molecule has 0 radical (unpaired) electrons. The molecule has 1 saturated heterocycles. The molecule has 0 aliphatic carbocycles. The largest absolute Gasteiger partial charge is 0.308 e. The van der Waals surface area contributed by atoms with Crippen molar-refractivity contribution in [1.82, 2.24) is 24.8 Å². The van der Waals surface area contributed by atoms with Gasteiger partial charge in [0.15, 0.2) is 0 Å². The lowest BCUT2D eigenvalue weighted by atomic mass is 10.0. The highest BCUT2D eigenvalue weighted by Gasteiger charge is 2.21.